The van der Waals surface area contributed by atoms with E-state index in [0.29, 0.717) is 16.3 Å². The summed E-state index contributed by atoms with van der Waals surface area (Å²) in [5.41, 5.74) is 0.484. The number of nitrogens with one attached hydrogen (secondary N) is 1. The minimum atomic E-state index is -0.648. The number of hydrogen-bond donors (Lipinski definition) is 1. The van der Waals surface area contributed by atoms with Gasteiger partial charge >= 0.3 is 5.97 Å². The highest BCUT2D eigenvalue weighted by atomic mass is 35.5. The average molecular weight is 429 g/mol. The maximum Gasteiger partial charge on any atom is 0.349 e. The smallest absolute Gasteiger partial charge is 0.349 e. The highest BCUT2D eigenvalue weighted by Crippen LogP contribution is 2.29. The van der Waals surface area contributed by atoms with Gasteiger partial charge in [0.1, 0.15) is 17.4 Å². The van der Waals surface area contributed by atoms with E-state index in [-0.39, 0.29) is 29.7 Å². The standard InChI is InChI=1S/C22H21ClN2O5/c1-14(2)25-22(27)16(12-24)10-15-8-9-19(20(11-15)28-3)30-21(26)13-29-18-7-5-4-6-17(18)23/h4-11,14H,13H2,1-3H3,(H,25,27)/b16-10+. The molecule has 7 nitrogen and oxygen atoms in total. The van der Waals surface area contributed by atoms with Gasteiger partial charge in [-0.15, -0.1) is 0 Å². The molecule has 0 radical (unpaired) electrons. The van der Waals surface area contributed by atoms with Crippen LogP contribution in [0.5, 0.6) is 17.2 Å². The molecule has 0 saturated heterocycles. The SMILES string of the molecule is COc1cc(/C=C(\C#N)C(=O)NC(C)C)ccc1OC(=O)COc1ccccc1Cl. The van der Waals surface area contributed by atoms with Crippen LogP contribution in [-0.2, 0) is 9.59 Å². The molecule has 2 aromatic rings. The molecule has 0 atom stereocenters. The molecule has 0 fully saturated rings. The molecule has 0 bridgehead atoms. The Bertz CT molecular complexity index is 995. The molecule has 1 N–H and O–H groups in total. The van der Waals surface area contributed by atoms with E-state index in [9.17, 15) is 14.9 Å². The van der Waals surface area contributed by atoms with Gasteiger partial charge in [0.25, 0.3) is 5.91 Å². The summed E-state index contributed by atoms with van der Waals surface area (Å²) in [6.45, 7) is 3.26. The molecule has 0 spiro atoms. The number of nitriles is 1. The molecule has 2 rings (SSSR count). The Morgan fingerprint density at radius 3 is 2.53 bits per heavy atom. The van der Waals surface area contributed by atoms with Crippen LogP contribution in [0.2, 0.25) is 5.02 Å². The zero-order valence-corrected chi connectivity index (χ0v) is 17.5. The Morgan fingerprint density at radius 2 is 1.90 bits per heavy atom. The molecule has 8 heteroatoms. The molecule has 30 heavy (non-hydrogen) atoms. The van der Waals surface area contributed by atoms with E-state index in [0.717, 1.165) is 0 Å². The van der Waals surface area contributed by atoms with Gasteiger partial charge in [-0.05, 0) is 49.8 Å². The molecule has 0 aliphatic heterocycles. The molecule has 0 heterocycles. The predicted molar refractivity (Wildman–Crippen MR) is 112 cm³/mol. The third kappa shape index (κ3) is 6.54. The van der Waals surface area contributed by atoms with Crippen LogP contribution in [-0.4, -0.2) is 31.6 Å². The Balaban J connectivity index is 2.10. The summed E-state index contributed by atoms with van der Waals surface area (Å²) in [7, 11) is 1.41. The van der Waals surface area contributed by atoms with Crippen LogP contribution in [0.3, 0.4) is 0 Å². The summed E-state index contributed by atoms with van der Waals surface area (Å²) in [5, 5.41) is 12.3. The zero-order chi connectivity index (χ0) is 22.1. The van der Waals surface area contributed by atoms with Crippen LogP contribution >= 0.6 is 11.6 Å². The number of amides is 1. The van der Waals surface area contributed by atoms with Crippen molar-refractivity contribution in [1.82, 2.24) is 5.32 Å². The van der Waals surface area contributed by atoms with Gasteiger partial charge in [0.15, 0.2) is 18.1 Å². The van der Waals surface area contributed by atoms with Crippen LogP contribution in [0.15, 0.2) is 48.0 Å². The largest absolute Gasteiger partial charge is 0.493 e. The molecule has 2 aromatic carbocycles. The van der Waals surface area contributed by atoms with Gasteiger partial charge in [0.2, 0.25) is 0 Å². The van der Waals surface area contributed by atoms with Crippen molar-refractivity contribution in [3.63, 3.8) is 0 Å². The second-order valence-corrected chi connectivity index (χ2v) is 6.81. The average Bonchev–Trinajstić information content (AvgIpc) is 2.71. The molecule has 0 aromatic heterocycles. The Kier molecular flexibility index (Phi) is 8.27. The number of esters is 1. The van der Waals surface area contributed by atoms with Gasteiger partial charge < -0.3 is 19.5 Å². The number of rotatable bonds is 8. The van der Waals surface area contributed by atoms with Gasteiger partial charge in [-0.25, -0.2) is 4.79 Å². The van der Waals surface area contributed by atoms with E-state index in [4.69, 9.17) is 25.8 Å². The summed E-state index contributed by atoms with van der Waals surface area (Å²) in [5.74, 6) is -0.319. The molecular formula is C22H21ClN2O5. The summed E-state index contributed by atoms with van der Waals surface area (Å²) in [6, 6.07) is 13.2. The quantitative estimate of drug-likeness (QED) is 0.297. The molecule has 0 aliphatic carbocycles. The first-order valence-electron chi connectivity index (χ1n) is 9.02. The Hall–Kier alpha value is -3.50. The van der Waals surface area contributed by atoms with E-state index in [1.54, 1.807) is 50.2 Å². The third-order valence-corrected chi connectivity index (χ3v) is 4.00. The summed E-state index contributed by atoms with van der Waals surface area (Å²) in [4.78, 5) is 24.2. The number of halogens is 1. The van der Waals surface area contributed by atoms with Gasteiger partial charge in [-0.1, -0.05) is 29.8 Å². The molecule has 156 valence electrons. The predicted octanol–water partition coefficient (Wildman–Crippen LogP) is 3.76. The first kappa shape index (κ1) is 22.8. The van der Waals surface area contributed by atoms with E-state index >= 15 is 0 Å². The van der Waals surface area contributed by atoms with Gasteiger partial charge in [-0.2, -0.15) is 5.26 Å². The number of para-hydroxylation sites is 1. The maximum atomic E-state index is 12.1. The summed E-state index contributed by atoms with van der Waals surface area (Å²) < 4.78 is 15.9. The molecule has 0 unspecified atom stereocenters. The van der Waals surface area contributed by atoms with E-state index < -0.39 is 11.9 Å². The topological polar surface area (TPSA) is 97.6 Å². The fourth-order valence-corrected chi connectivity index (χ4v) is 2.55. The van der Waals surface area contributed by atoms with Crippen LogP contribution in [0.1, 0.15) is 19.4 Å². The highest BCUT2D eigenvalue weighted by Gasteiger charge is 2.14. The van der Waals surface area contributed by atoms with Gasteiger partial charge in [-0.3, -0.25) is 4.79 Å². The van der Waals surface area contributed by atoms with Crippen LogP contribution in [0.25, 0.3) is 6.08 Å². The lowest BCUT2D eigenvalue weighted by atomic mass is 10.1. The Labute approximate surface area is 179 Å². The number of nitrogens with zero attached hydrogens (tertiary/aromatic N) is 1. The number of hydrogen-bond acceptors (Lipinski definition) is 6. The van der Waals surface area contributed by atoms with Crippen molar-refractivity contribution >= 4 is 29.6 Å². The molecule has 0 aliphatic rings. The number of ether oxygens (including phenoxy) is 3. The first-order valence-corrected chi connectivity index (χ1v) is 9.40. The third-order valence-electron chi connectivity index (χ3n) is 3.69. The number of methoxy groups -OCH3 is 1. The monoisotopic (exact) mass is 428 g/mol. The van der Waals surface area contributed by atoms with Crippen molar-refractivity contribution in [3.8, 4) is 23.3 Å². The normalized spacial score (nSPS) is 10.9. The molecule has 1 amide bonds. The Morgan fingerprint density at radius 1 is 1.17 bits per heavy atom. The van der Waals surface area contributed by atoms with Crippen molar-refractivity contribution in [2.75, 3.05) is 13.7 Å². The van der Waals surface area contributed by atoms with Crippen LogP contribution in [0, 0.1) is 11.3 Å². The van der Waals surface area contributed by atoms with Gasteiger partial charge in [0, 0.05) is 6.04 Å². The van der Waals surface area contributed by atoms with E-state index in [1.807, 2.05) is 6.07 Å². The van der Waals surface area contributed by atoms with E-state index in [1.165, 1.54) is 19.3 Å². The fraction of sp³-hybridized carbons (Fsp3) is 0.227. The second kappa shape index (κ2) is 10.9. The van der Waals surface area contributed by atoms with Crippen LogP contribution < -0.4 is 19.5 Å². The van der Waals surface area contributed by atoms with Crippen molar-refractivity contribution in [3.05, 3.63) is 58.6 Å². The number of benzene rings is 2. The maximum absolute atomic E-state index is 12.1. The van der Waals surface area contributed by atoms with Gasteiger partial charge in [0.05, 0.1) is 12.1 Å². The lowest BCUT2D eigenvalue weighted by Crippen LogP contribution is -2.30. The lowest BCUT2D eigenvalue weighted by Gasteiger charge is -2.11. The molecule has 0 saturated carbocycles. The van der Waals surface area contributed by atoms with Crippen molar-refractivity contribution in [2.24, 2.45) is 0 Å². The second-order valence-electron chi connectivity index (χ2n) is 6.40. The minimum absolute atomic E-state index is 0.0522. The van der Waals surface area contributed by atoms with E-state index in [2.05, 4.69) is 5.32 Å². The summed E-state index contributed by atoms with van der Waals surface area (Å²) in [6.07, 6.45) is 1.42. The van der Waals surface area contributed by atoms with Crippen molar-refractivity contribution < 1.29 is 23.8 Å². The minimum Gasteiger partial charge on any atom is -0.493 e. The van der Waals surface area contributed by atoms with Crippen molar-refractivity contribution in [2.45, 2.75) is 19.9 Å². The lowest BCUT2D eigenvalue weighted by molar-refractivity contribution is -0.136. The van der Waals surface area contributed by atoms with Crippen LogP contribution in [0.4, 0.5) is 0 Å². The van der Waals surface area contributed by atoms with Crippen molar-refractivity contribution in [1.29, 1.82) is 5.26 Å². The number of carbonyl (C=O) groups excluding carboxylic acids is 2. The number of carbonyl (C=O) groups is 2. The molecular weight excluding hydrogens is 408 g/mol. The fourth-order valence-electron chi connectivity index (χ4n) is 2.36. The summed E-state index contributed by atoms with van der Waals surface area (Å²) >= 11 is 5.98. The highest BCUT2D eigenvalue weighted by molar-refractivity contribution is 6.32. The first-order chi connectivity index (χ1) is 14.3. The zero-order valence-electron chi connectivity index (χ0n) is 16.8.